The first-order valence-corrected chi connectivity index (χ1v) is 8.33. The van der Waals surface area contributed by atoms with E-state index in [1.165, 1.54) is 0 Å². The Morgan fingerprint density at radius 1 is 1.12 bits per heavy atom. The molecule has 0 aromatic heterocycles. The summed E-state index contributed by atoms with van der Waals surface area (Å²) in [7, 11) is -6.45. The summed E-state index contributed by atoms with van der Waals surface area (Å²) in [6.07, 6.45) is 0.533. The highest BCUT2D eigenvalue weighted by Gasteiger charge is 2.55. The van der Waals surface area contributed by atoms with Gasteiger partial charge in [0.25, 0.3) is 0 Å². The standard InChI is InChI=1S/C9H20O6P2/c1-5-9(6-2,15-16(10)11)17(12,13-7-3)14-8-4/h5-8H2,1-4H3/p+1. The van der Waals surface area contributed by atoms with Crippen molar-refractivity contribution in [2.45, 2.75) is 45.9 Å². The maximum atomic E-state index is 12.6. The highest BCUT2D eigenvalue weighted by Crippen LogP contribution is 2.65. The number of hydrogen-bond acceptors (Lipinski definition) is 5. The minimum atomic E-state index is -3.58. The van der Waals surface area contributed by atoms with Crippen molar-refractivity contribution in [2.75, 3.05) is 13.2 Å². The lowest BCUT2D eigenvalue weighted by molar-refractivity contribution is 0.0780. The Labute approximate surface area is 103 Å². The molecule has 0 aliphatic carbocycles. The van der Waals surface area contributed by atoms with Gasteiger partial charge < -0.3 is 9.05 Å². The van der Waals surface area contributed by atoms with E-state index in [-0.39, 0.29) is 26.1 Å². The molecule has 0 saturated heterocycles. The van der Waals surface area contributed by atoms with Gasteiger partial charge >= 0.3 is 15.9 Å². The van der Waals surface area contributed by atoms with Crippen molar-refractivity contribution in [1.29, 1.82) is 0 Å². The van der Waals surface area contributed by atoms with E-state index in [2.05, 4.69) is 0 Å². The zero-order valence-corrected chi connectivity index (χ0v) is 12.5. The van der Waals surface area contributed by atoms with E-state index in [0.717, 1.165) is 0 Å². The molecule has 0 amide bonds. The van der Waals surface area contributed by atoms with Crippen LogP contribution in [-0.4, -0.2) is 23.4 Å². The van der Waals surface area contributed by atoms with Gasteiger partial charge in [0.1, 0.15) is 0 Å². The molecular weight excluding hydrogens is 266 g/mol. The van der Waals surface area contributed by atoms with Gasteiger partial charge in [-0.15, -0.1) is 4.89 Å². The minimum Gasteiger partial charge on any atom is -0.307 e. The number of rotatable bonds is 9. The van der Waals surface area contributed by atoms with Crippen molar-refractivity contribution in [3.63, 3.8) is 0 Å². The molecule has 102 valence electrons. The highest BCUT2D eigenvalue weighted by molar-refractivity contribution is 7.55. The molecule has 0 aromatic carbocycles. The van der Waals surface area contributed by atoms with Crippen LogP contribution >= 0.6 is 15.9 Å². The van der Waals surface area contributed by atoms with Crippen molar-refractivity contribution in [3.8, 4) is 0 Å². The fourth-order valence-corrected chi connectivity index (χ4v) is 4.73. The van der Waals surface area contributed by atoms with Gasteiger partial charge in [-0.1, -0.05) is 18.4 Å². The largest absolute Gasteiger partial charge is 0.695 e. The molecule has 0 radical (unpaired) electrons. The molecule has 0 spiro atoms. The summed E-state index contributed by atoms with van der Waals surface area (Å²) in [5.74, 6) is 0. The molecule has 6 nitrogen and oxygen atoms in total. The van der Waals surface area contributed by atoms with E-state index in [1.54, 1.807) is 27.7 Å². The monoisotopic (exact) mass is 287 g/mol. The summed E-state index contributed by atoms with van der Waals surface area (Å²) >= 11 is 0. The second kappa shape index (κ2) is 7.57. The maximum absolute atomic E-state index is 12.6. The van der Waals surface area contributed by atoms with E-state index in [4.69, 9.17) is 18.5 Å². The van der Waals surface area contributed by atoms with E-state index in [1.807, 2.05) is 0 Å². The molecule has 0 saturated carbocycles. The van der Waals surface area contributed by atoms with Gasteiger partial charge in [-0.25, -0.2) is 0 Å². The third kappa shape index (κ3) is 4.09. The van der Waals surface area contributed by atoms with Gasteiger partial charge in [0, 0.05) is 4.57 Å². The maximum Gasteiger partial charge on any atom is 0.695 e. The Bertz CT molecular complexity index is 279. The summed E-state index contributed by atoms with van der Waals surface area (Å²) in [6.45, 7) is 7.16. The van der Waals surface area contributed by atoms with Crippen LogP contribution in [0.25, 0.3) is 0 Å². The lowest BCUT2D eigenvalue weighted by Crippen LogP contribution is -2.31. The molecule has 0 heterocycles. The second-order valence-electron chi connectivity index (χ2n) is 3.32. The van der Waals surface area contributed by atoms with Crippen LogP contribution in [-0.2, 0) is 22.7 Å². The average molecular weight is 287 g/mol. The molecule has 1 N–H and O–H groups in total. The number of hydrogen-bond donors (Lipinski definition) is 1. The van der Waals surface area contributed by atoms with Crippen molar-refractivity contribution < 1.29 is 27.6 Å². The van der Waals surface area contributed by atoms with Crippen LogP contribution in [0.1, 0.15) is 40.5 Å². The molecule has 8 heteroatoms. The summed E-state index contributed by atoms with van der Waals surface area (Å²) in [5.41, 5.74) is 0. The highest BCUT2D eigenvalue weighted by atomic mass is 31.2. The van der Waals surface area contributed by atoms with Crippen molar-refractivity contribution in [3.05, 3.63) is 0 Å². The SMILES string of the molecule is CCOP(=O)(OCC)C(CC)(CC)O[P+](=O)O. The van der Waals surface area contributed by atoms with E-state index < -0.39 is 21.2 Å². The lowest BCUT2D eigenvalue weighted by Gasteiger charge is -2.31. The molecule has 0 bridgehead atoms. The van der Waals surface area contributed by atoms with Crippen LogP contribution in [0.2, 0.25) is 0 Å². The van der Waals surface area contributed by atoms with Crippen LogP contribution < -0.4 is 0 Å². The van der Waals surface area contributed by atoms with Gasteiger partial charge in [0.05, 0.1) is 13.2 Å². The van der Waals surface area contributed by atoms with E-state index >= 15 is 0 Å². The van der Waals surface area contributed by atoms with Gasteiger partial charge in [0.15, 0.2) is 0 Å². The molecule has 0 fully saturated rings. The fourth-order valence-electron chi connectivity index (χ4n) is 1.57. The summed E-state index contributed by atoms with van der Waals surface area (Å²) in [6, 6.07) is 0. The normalized spacial score (nSPS) is 13.8. The fraction of sp³-hybridized carbons (Fsp3) is 1.00. The summed E-state index contributed by atoms with van der Waals surface area (Å²) in [5, 5.41) is -1.36. The molecule has 0 aromatic rings. The van der Waals surface area contributed by atoms with Gasteiger partial charge in [-0.2, -0.15) is 0 Å². The predicted octanol–water partition coefficient (Wildman–Crippen LogP) is 3.44. The molecule has 1 atom stereocenters. The minimum absolute atomic E-state index is 0.185. The molecule has 0 aliphatic heterocycles. The third-order valence-corrected chi connectivity index (χ3v) is 6.02. The van der Waals surface area contributed by atoms with E-state index in [0.29, 0.717) is 0 Å². The van der Waals surface area contributed by atoms with Crippen LogP contribution in [0.4, 0.5) is 0 Å². The Hall–Kier alpha value is 0.170. The van der Waals surface area contributed by atoms with Gasteiger partial charge in [-0.3, -0.25) is 4.57 Å². The van der Waals surface area contributed by atoms with Crippen LogP contribution in [0.15, 0.2) is 0 Å². The summed E-state index contributed by atoms with van der Waals surface area (Å²) in [4.78, 5) is 8.90. The van der Waals surface area contributed by atoms with Gasteiger partial charge in [-0.05, 0) is 26.7 Å². The smallest absolute Gasteiger partial charge is 0.307 e. The van der Waals surface area contributed by atoms with Crippen molar-refractivity contribution >= 4 is 15.9 Å². The molecular formula is C9H21O6P2+. The molecule has 1 unspecified atom stereocenters. The Balaban J connectivity index is 5.34. The third-order valence-electron chi connectivity index (χ3n) is 2.45. The average Bonchev–Trinajstić information content (AvgIpc) is 2.26. The topological polar surface area (TPSA) is 82.1 Å². The second-order valence-corrected chi connectivity index (χ2v) is 6.30. The van der Waals surface area contributed by atoms with Crippen molar-refractivity contribution in [2.24, 2.45) is 0 Å². The first-order chi connectivity index (χ1) is 7.91. The Morgan fingerprint density at radius 3 is 1.76 bits per heavy atom. The van der Waals surface area contributed by atoms with Crippen molar-refractivity contribution in [1.82, 2.24) is 0 Å². The predicted molar refractivity (Wildman–Crippen MR) is 65.1 cm³/mol. The van der Waals surface area contributed by atoms with E-state index in [9.17, 15) is 9.13 Å². The van der Waals surface area contributed by atoms with Gasteiger partial charge in [0.2, 0.25) is 5.34 Å². The van der Waals surface area contributed by atoms with Crippen LogP contribution in [0.3, 0.4) is 0 Å². The first kappa shape index (κ1) is 17.2. The zero-order valence-electron chi connectivity index (χ0n) is 10.7. The molecule has 0 rings (SSSR count). The van der Waals surface area contributed by atoms with Crippen LogP contribution in [0, 0.1) is 0 Å². The Morgan fingerprint density at radius 2 is 1.53 bits per heavy atom. The zero-order chi connectivity index (χ0) is 13.5. The molecule has 0 aliphatic rings. The molecule has 17 heavy (non-hydrogen) atoms. The summed E-state index contributed by atoms with van der Waals surface area (Å²) < 4.78 is 38.8. The first-order valence-electron chi connectivity index (χ1n) is 5.65. The lowest BCUT2D eigenvalue weighted by atomic mass is 10.2. The van der Waals surface area contributed by atoms with Crippen LogP contribution in [0.5, 0.6) is 0 Å². The quantitative estimate of drug-likeness (QED) is 0.654. The Kier molecular flexibility index (Phi) is 7.65.